The van der Waals surface area contributed by atoms with Crippen LogP contribution in [0.15, 0.2) is 60.8 Å². The van der Waals surface area contributed by atoms with Crippen LogP contribution in [-0.4, -0.2) is 9.78 Å². The van der Waals surface area contributed by atoms with Crippen LogP contribution in [0, 0.1) is 0 Å². The van der Waals surface area contributed by atoms with Crippen molar-refractivity contribution in [1.29, 1.82) is 0 Å². The van der Waals surface area contributed by atoms with E-state index in [9.17, 15) is 0 Å². The molecule has 0 unspecified atom stereocenters. The maximum Gasteiger partial charge on any atom is 0.0662 e. The van der Waals surface area contributed by atoms with Gasteiger partial charge in [0.05, 0.1) is 12.7 Å². The van der Waals surface area contributed by atoms with Gasteiger partial charge in [0.1, 0.15) is 0 Å². The zero-order chi connectivity index (χ0) is 17.1. The van der Waals surface area contributed by atoms with Gasteiger partial charge in [-0.05, 0) is 36.5 Å². The molecule has 1 aliphatic carbocycles. The average Bonchev–Trinajstić information content (AvgIpc) is 3.05. The summed E-state index contributed by atoms with van der Waals surface area (Å²) in [6, 6.07) is 18.9. The Balaban J connectivity index is 1.50. The second-order valence-electron chi connectivity index (χ2n) is 6.61. The lowest BCUT2D eigenvalue weighted by atomic mass is 9.92. The van der Waals surface area contributed by atoms with Crippen molar-refractivity contribution in [2.24, 2.45) is 0 Å². The van der Waals surface area contributed by atoms with Crippen LogP contribution in [0.5, 0.6) is 0 Å². The molecule has 3 nitrogen and oxygen atoms in total. The van der Waals surface area contributed by atoms with Gasteiger partial charge in [0.25, 0.3) is 0 Å². The van der Waals surface area contributed by atoms with Gasteiger partial charge in [-0.2, -0.15) is 5.10 Å². The molecule has 0 bridgehead atoms. The number of rotatable bonds is 5. The van der Waals surface area contributed by atoms with E-state index in [4.69, 9.17) is 11.6 Å². The fraction of sp³-hybridized carbons (Fsp3) is 0.286. The first kappa shape index (κ1) is 16.4. The van der Waals surface area contributed by atoms with E-state index in [0.29, 0.717) is 6.04 Å². The molecular weight excluding hydrogens is 330 g/mol. The zero-order valence-corrected chi connectivity index (χ0v) is 14.9. The Bertz CT molecular complexity index is 841. The zero-order valence-electron chi connectivity index (χ0n) is 14.2. The van der Waals surface area contributed by atoms with E-state index < -0.39 is 0 Å². The molecule has 0 amide bonds. The fourth-order valence-electron chi connectivity index (χ4n) is 3.60. The molecule has 25 heavy (non-hydrogen) atoms. The number of fused-ring (bicyclic) bond motifs is 1. The highest BCUT2D eigenvalue weighted by Crippen LogP contribution is 2.30. The van der Waals surface area contributed by atoms with Crippen molar-refractivity contribution in [2.75, 3.05) is 0 Å². The molecule has 0 saturated heterocycles. The number of hydrogen-bond donors (Lipinski definition) is 1. The monoisotopic (exact) mass is 351 g/mol. The second kappa shape index (κ2) is 7.42. The Labute approximate surface area is 153 Å². The first-order valence-corrected chi connectivity index (χ1v) is 9.24. The average molecular weight is 352 g/mol. The third-order valence-electron chi connectivity index (χ3n) is 4.93. The summed E-state index contributed by atoms with van der Waals surface area (Å²) in [6.07, 6.45) is 5.48. The lowest BCUT2D eigenvalue weighted by Gasteiger charge is -2.24. The van der Waals surface area contributed by atoms with Gasteiger partial charge in [-0.15, -0.1) is 0 Å². The van der Waals surface area contributed by atoms with E-state index in [1.165, 1.54) is 23.2 Å². The topological polar surface area (TPSA) is 29.9 Å². The molecule has 0 radical (unpaired) electrons. The first-order valence-electron chi connectivity index (χ1n) is 8.86. The smallest absolute Gasteiger partial charge is 0.0662 e. The lowest BCUT2D eigenvalue weighted by molar-refractivity contribution is 0.449. The van der Waals surface area contributed by atoms with E-state index in [2.05, 4.69) is 51.5 Å². The fourth-order valence-corrected chi connectivity index (χ4v) is 3.80. The first-order chi connectivity index (χ1) is 12.3. The van der Waals surface area contributed by atoms with Crippen LogP contribution in [-0.2, 0) is 19.5 Å². The molecule has 3 aromatic rings. The summed E-state index contributed by atoms with van der Waals surface area (Å²) >= 11 is 6.28. The van der Waals surface area contributed by atoms with Gasteiger partial charge in [-0.25, -0.2) is 0 Å². The number of nitrogens with zero attached hydrogens (tertiary/aromatic N) is 2. The molecule has 0 aliphatic heterocycles. The maximum atomic E-state index is 6.28. The molecule has 1 aromatic heterocycles. The highest BCUT2D eigenvalue weighted by Gasteiger charge is 2.24. The maximum absolute atomic E-state index is 6.28. The summed E-state index contributed by atoms with van der Waals surface area (Å²) in [5.74, 6) is 0. The molecule has 0 spiro atoms. The van der Waals surface area contributed by atoms with Crippen molar-refractivity contribution >= 4 is 11.6 Å². The predicted molar refractivity (Wildman–Crippen MR) is 102 cm³/mol. The molecule has 1 atom stereocenters. The largest absolute Gasteiger partial charge is 0.306 e. The molecule has 128 valence electrons. The number of halogens is 1. The predicted octanol–water partition coefficient (Wildman–Crippen LogP) is 4.75. The number of hydrogen-bond acceptors (Lipinski definition) is 2. The SMILES string of the molecule is Clc1ccccc1CN[C@H]1CCCc2c1cnn2Cc1ccccc1. The summed E-state index contributed by atoms with van der Waals surface area (Å²) in [5.41, 5.74) is 5.15. The molecule has 2 aromatic carbocycles. The van der Waals surface area contributed by atoms with Crippen molar-refractivity contribution in [3.05, 3.63) is 88.2 Å². The van der Waals surface area contributed by atoms with Crippen LogP contribution < -0.4 is 5.32 Å². The molecule has 4 heteroatoms. The molecular formula is C21H22ClN3. The van der Waals surface area contributed by atoms with Crippen molar-refractivity contribution < 1.29 is 0 Å². The van der Waals surface area contributed by atoms with Crippen molar-refractivity contribution in [3.63, 3.8) is 0 Å². The van der Waals surface area contributed by atoms with Crippen molar-refractivity contribution in [1.82, 2.24) is 15.1 Å². The minimum absolute atomic E-state index is 0.351. The summed E-state index contributed by atoms with van der Waals surface area (Å²) in [6.45, 7) is 1.63. The third-order valence-corrected chi connectivity index (χ3v) is 5.30. The van der Waals surface area contributed by atoms with Crippen LogP contribution in [0.25, 0.3) is 0 Å². The Morgan fingerprint density at radius 2 is 1.88 bits per heavy atom. The quantitative estimate of drug-likeness (QED) is 0.718. The van der Waals surface area contributed by atoms with Gasteiger partial charge < -0.3 is 5.32 Å². The number of benzene rings is 2. The van der Waals surface area contributed by atoms with E-state index in [0.717, 1.165) is 36.5 Å². The highest BCUT2D eigenvalue weighted by molar-refractivity contribution is 6.31. The van der Waals surface area contributed by atoms with Gasteiger partial charge in [0.2, 0.25) is 0 Å². The Morgan fingerprint density at radius 3 is 2.72 bits per heavy atom. The number of aromatic nitrogens is 2. The van der Waals surface area contributed by atoms with Gasteiger partial charge >= 0.3 is 0 Å². The molecule has 0 saturated carbocycles. The molecule has 1 aliphatic rings. The van der Waals surface area contributed by atoms with Crippen LogP contribution in [0.2, 0.25) is 5.02 Å². The summed E-state index contributed by atoms with van der Waals surface area (Å²) in [5, 5.41) is 9.17. The Hall–Kier alpha value is -2.10. The van der Waals surface area contributed by atoms with E-state index in [-0.39, 0.29) is 0 Å². The summed E-state index contributed by atoms with van der Waals surface area (Å²) < 4.78 is 2.16. The Kier molecular flexibility index (Phi) is 4.86. The van der Waals surface area contributed by atoms with Crippen molar-refractivity contribution in [3.8, 4) is 0 Å². The normalized spacial score (nSPS) is 16.6. The molecule has 1 heterocycles. The van der Waals surface area contributed by atoms with Crippen LogP contribution in [0.4, 0.5) is 0 Å². The van der Waals surface area contributed by atoms with Crippen molar-refractivity contribution in [2.45, 2.75) is 38.4 Å². The molecule has 4 rings (SSSR count). The highest BCUT2D eigenvalue weighted by atomic mass is 35.5. The summed E-state index contributed by atoms with van der Waals surface area (Å²) in [7, 11) is 0. The lowest BCUT2D eigenvalue weighted by Crippen LogP contribution is -2.25. The van der Waals surface area contributed by atoms with Gasteiger partial charge in [0.15, 0.2) is 0 Å². The van der Waals surface area contributed by atoms with Crippen LogP contribution in [0.1, 0.15) is 41.3 Å². The van der Waals surface area contributed by atoms with Gasteiger partial charge in [0, 0.05) is 28.9 Å². The minimum Gasteiger partial charge on any atom is -0.306 e. The van der Waals surface area contributed by atoms with Gasteiger partial charge in [-0.1, -0.05) is 60.1 Å². The van der Waals surface area contributed by atoms with Crippen LogP contribution in [0.3, 0.4) is 0 Å². The second-order valence-corrected chi connectivity index (χ2v) is 7.01. The molecule has 1 N–H and O–H groups in total. The Morgan fingerprint density at radius 1 is 1.08 bits per heavy atom. The van der Waals surface area contributed by atoms with E-state index in [1.54, 1.807) is 0 Å². The third kappa shape index (κ3) is 3.63. The minimum atomic E-state index is 0.351. The van der Waals surface area contributed by atoms with Crippen LogP contribution >= 0.6 is 11.6 Å². The number of nitrogens with one attached hydrogen (secondary N) is 1. The van der Waals surface area contributed by atoms with E-state index >= 15 is 0 Å². The van der Waals surface area contributed by atoms with Gasteiger partial charge in [-0.3, -0.25) is 4.68 Å². The standard InChI is InChI=1S/C21H22ClN3/c22-19-10-5-4-9-17(19)13-23-20-11-6-12-21-18(20)14-24-25(21)15-16-7-2-1-3-8-16/h1-5,7-10,14,20,23H,6,11-13,15H2/t20-/m0/s1. The molecule has 0 fully saturated rings. The summed E-state index contributed by atoms with van der Waals surface area (Å²) in [4.78, 5) is 0. The van der Waals surface area contributed by atoms with E-state index in [1.807, 2.05) is 24.4 Å².